The van der Waals surface area contributed by atoms with E-state index in [1.165, 1.54) is 6.07 Å². The number of anilines is 1. The molecule has 1 aromatic heterocycles. The number of nitrogens with zero attached hydrogens (tertiary/aromatic N) is 3. The lowest BCUT2D eigenvalue weighted by Gasteiger charge is -2.23. The van der Waals surface area contributed by atoms with E-state index < -0.39 is 0 Å². The topological polar surface area (TPSA) is 47.1 Å². The highest BCUT2D eigenvalue weighted by molar-refractivity contribution is 14.1. The quantitative estimate of drug-likeness (QED) is 0.799. The molecule has 0 saturated carbocycles. The van der Waals surface area contributed by atoms with Crippen LogP contribution < -0.4 is 5.73 Å². The molecule has 0 saturated heterocycles. The summed E-state index contributed by atoms with van der Waals surface area (Å²) < 4.78 is 16.2. The molecule has 0 aliphatic rings. The normalized spacial score (nSPS) is 13.3. The van der Waals surface area contributed by atoms with Crippen molar-refractivity contribution in [1.82, 2.24) is 14.5 Å². The summed E-state index contributed by atoms with van der Waals surface area (Å²) in [5, 5.41) is 0. The van der Waals surface area contributed by atoms with Gasteiger partial charge in [0.15, 0.2) is 0 Å². The van der Waals surface area contributed by atoms with Gasteiger partial charge in [-0.05, 0) is 49.0 Å². The van der Waals surface area contributed by atoms with Crippen molar-refractivity contribution in [3.05, 3.63) is 21.5 Å². The van der Waals surface area contributed by atoms with Crippen molar-refractivity contribution in [3.63, 3.8) is 0 Å². The van der Waals surface area contributed by atoms with Crippen LogP contribution in [-0.2, 0) is 6.54 Å². The van der Waals surface area contributed by atoms with Crippen LogP contribution in [0.2, 0.25) is 0 Å². The summed E-state index contributed by atoms with van der Waals surface area (Å²) in [6, 6.07) is 3.77. The van der Waals surface area contributed by atoms with Crippen LogP contribution in [0, 0.1) is 9.39 Å². The Morgan fingerprint density at radius 2 is 2.20 bits per heavy atom. The number of aromatic nitrogens is 2. The van der Waals surface area contributed by atoms with Crippen LogP contribution >= 0.6 is 22.6 Å². The van der Waals surface area contributed by atoms with Gasteiger partial charge in [0.05, 0.1) is 14.6 Å². The van der Waals surface area contributed by atoms with Crippen LogP contribution in [0.4, 0.5) is 10.3 Å². The summed E-state index contributed by atoms with van der Waals surface area (Å²) in [5.41, 5.74) is 7.47. The maximum absolute atomic E-state index is 13.7. The lowest BCUT2D eigenvalue weighted by Crippen LogP contribution is -2.31. The number of fused-ring (bicyclic) bond motifs is 1. The zero-order chi connectivity index (χ0) is 14.9. The van der Waals surface area contributed by atoms with E-state index in [-0.39, 0.29) is 5.82 Å². The van der Waals surface area contributed by atoms with Gasteiger partial charge in [-0.2, -0.15) is 0 Å². The molecule has 6 heteroatoms. The van der Waals surface area contributed by atoms with Crippen molar-refractivity contribution in [3.8, 4) is 0 Å². The molecule has 20 heavy (non-hydrogen) atoms. The van der Waals surface area contributed by atoms with Crippen LogP contribution in [-0.4, -0.2) is 34.1 Å². The van der Waals surface area contributed by atoms with Crippen molar-refractivity contribution < 1.29 is 4.39 Å². The Kier molecular flexibility index (Phi) is 4.85. The molecule has 2 N–H and O–H groups in total. The number of nitrogens with two attached hydrogens (primary N) is 1. The second kappa shape index (κ2) is 6.26. The Hall–Kier alpha value is -0.890. The molecular formula is C14H20FIN4. The van der Waals surface area contributed by atoms with E-state index >= 15 is 0 Å². The van der Waals surface area contributed by atoms with Gasteiger partial charge in [-0.25, -0.2) is 9.37 Å². The monoisotopic (exact) mass is 390 g/mol. The molecule has 0 aliphatic heterocycles. The lowest BCUT2D eigenvalue weighted by atomic mass is 10.2. The van der Waals surface area contributed by atoms with Crippen LogP contribution in [0.3, 0.4) is 0 Å². The van der Waals surface area contributed by atoms with E-state index in [0.29, 0.717) is 22.1 Å². The van der Waals surface area contributed by atoms with E-state index in [2.05, 4.69) is 30.8 Å². The Labute approximate surface area is 132 Å². The molecule has 4 nitrogen and oxygen atoms in total. The number of hydrogen-bond acceptors (Lipinski definition) is 3. The number of rotatable bonds is 5. The predicted octanol–water partition coefficient (Wildman–Crippen LogP) is 3.09. The van der Waals surface area contributed by atoms with Crippen molar-refractivity contribution in [1.29, 1.82) is 0 Å². The Balaban J connectivity index is 2.26. The molecule has 1 unspecified atom stereocenters. The zero-order valence-electron chi connectivity index (χ0n) is 12.0. The Bertz CT molecular complexity index is 611. The average Bonchev–Trinajstić information content (AvgIpc) is 2.71. The van der Waals surface area contributed by atoms with Crippen molar-refractivity contribution in [2.45, 2.75) is 32.9 Å². The van der Waals surface area contributed by atoms with Gasteiger partial charge < -0.3 is 15.2 Å². The van der Waals surface area contributed by atoms with Gasteiger partial charge in [-0.3, -0.25) is 0 Å². The molecule has 1 heterocycles. The number of halogens is 2. The second-order valence-electron chi connectivity index (χ2n) is 5.11. The summed E-state index contributed by atoms with van der Waals surface area (Å²) in [4.78, 5) is 6.58. The lowest BCUT2D eigenvalue weighted by molar-refractivity contribution is 0.244. The van der Waals surface area contributed by atoms with E-state index in [4.69, 9.17) is 5.73 Å². The van der Waals surface area contributed by atoms with Crippen LogP contribution in [0.25, 0.3) is 11.0 Å². The molecule has 110 valence electrons. The minimum Gasteiger partial charge on any atom is -0.369 e. The maximum Gasteiger partial charge on any atom is 0.201 e. The largest absolute Gasteiger partial charge is 0.369 e. The summed E-state index contributed by atoms with van der Waals surface area (Å²) in [7, 11) is 2.09. The van der Waals surface area contributed by atoms with Gasteiger partial charge >= 0.3 is 0 Å². The number of imidazole rings is 1. The minimum atomic E-state index is -0.227. The molecule has 0 aliphatic carbocycles. The summed E-state index contributed by atoms with van der Waals surface area (Å²) in [6.45, 7) is 5.93. The smallest absolute Gasteiger partial charge is 0.201 e. The molecule has 2 aromatic rings. The Morgan fingerprint density at radius 3 is 2.85 bits per heavy atom. The fourth-order valence-electron chi connectivity index (χ4n) is 2.16. The second-order valence-corrected chi connectivity index (χ2v) is 6.28. The third-order valence-electron chi connectivity index (χ3n) is 3.84. The first kappa shape index (κ1) is 15.5. The molecule has 0 spiro atoms. The third-order valence-corrected chi connectivity index (χ3v) is 4.67. The van der Waals surface area contributed by atoms with Crippen LogP contribution in [0.1, 0.15) is 20.3 Å². The number of likely N-dealkylation sites (N-methyl/N-ethyl adjacent to an activating group) is 1. The van der Waals surface area contributed by atoms with E-state index in [1.54, 1.807) is 6.07 Å². The summed E-state index contributed by atoms with van der Waals surface area (Å²) in [5.74, 6) is 0.216. The van der Waals surface area contributed by atoms with Gasteiger partial charge in [-0.15, -0.1) is 0 Å². The molecule has 2 rings (SSSR count). The van der Waals surface area contributed by atoms with E-state index in [1.807, 2.05) is 27.2 Å². The fourth-order valence-corrected chi connectivity index (χ4v) is 2.61. The minimum absolute atomic E-state index is 0.227. The first-order valence-corrected chi connectivity index (χ1v) is 7.83. The van der Waals surface area contributed by atoms with Gasteiger partial charge in [0.1, 0.15) is 5.82 Å². The highest BCUT2D eigenvalue weighted by Gasteiger charge is 2.13. The maximum atomic E-state index is 13.7. The molecule has 1 aromatic carbocycles. The Morgan fingerprint density at radius 1 is 1.50 bits per heavy atom. The number of hydrogen-bond donors (Lipinski definition) is 1. The summed E-state index contributed by atoms with van der Waals surface area (Å²) in [6.07, 6.45) is 1.10. The average molecular weight is 390 g/mol. The molecule has 1 atom stereocenters. The molecule has 0 amide bonds. The zero-order valence-corrected chi connectivity index (χ0v) is 14.2. The predicted molar refractivity (Wildman–Crippen MR) is 89.2 cm³/mol. The van der Waals surface area contributed by atoms with Crippen molar-refractivity contribution in [2.24, 2.45) is 0 Å². The third kappa shape index (κ3) is 3.06. The van der Waals surface area contributed by atoms with Gasteiger partial charge in [0.25, 0.3) is 0 Å². The molecule has 0 radical (unpaired) electrons. The summed E-state index contributed by atoms with van der Waals surface area (Å²) >= 11 is 1.97. The highest BCUT2D eigenvalue weighted by atomic mass is 127. The SMILES string of the molecule is CCC(C)N(C)CCn1c(N)nc2cc(I)c(F)cc21. The standard InChI is InChI=1S/C14H20FIN4/c1-4-9(2)19(3)5-6-20-13-7-10(15)11(16)8-12(13)18-14(20)17/h7-9H,4-6H2,1-3H3,(H2,17,18). The van der Waals surface area contributed by atoms with Gasteiger partial charge in [0, 0.05) is 25.2 Å². The van der Waals surface area contributed by atoms with Gasteiger partial charge in [0.2, 0.25) is 5.95 Å². The van der Waals surface area contributed by atoms with Crippen LogP contribution in [0.5, 0.6) is 0 Å². The number of benzene rings is 1. The van der Waals surface area contributed by atoms with Crippen molar-refractivity contribution in [2.75, 3.05) is 19.3 Å². The first-order valence-electron chi connectivity index (χ1n) is 6.75. The number of nitrogen functional groups attached to an aromatic ring is 1. The van der Waals surface area contributed by atoms with Gasteiger partial charge in [-0.1, -0.05) is 6.92 Å². The first-order chi connectivity index (χ1) is 9.43. The molecule has 0 fully saturated rings. The molecule has 0 bridgehead atoms. The van der Waals surface area contributed by atoms with E-state index in [9.17, 15) is 4.39 Å². The van der Waals surface area contributed by atoms with Crippen LogP contribution in [0.15, 0.2) is 12.1 Å². The highest BCUT2D eigenvalue weighted by Crippen LogP contribution is 2.23. The van der Waals surface area contributed by atoms with Crippen molar-refractivity contribution >= 4 is 39.6 Å². The fraction of sp³-hybridized carbons (Fsp3) is 0.500. The molecular weight excluding hydrogens is 370 g/mol. The van der Waals surface area contributed by atoms with E-state index in [0.717, 1.165) is 24.0 Å².